The Bertz CT molecular complexity index is 553. The van der Waals surface area contributed by atoms with Gasteiger partial charge in [-0.3, -0.25) is 0 Å². The molecule has 0 heterocycles. The van der Waals surface area contributed by atoms with Gasteiger partial charge >= 0.3 is 0 Å². The van der Waals surface area contributed by atoms with Crippen molar-refractivity contribution in [3.63, 3.8) is 0 Å². The highest BCUT2D eigenvalue weighted by Gasteiger charge is 2.40. The van der Waals surface area contributed by atoms with E-state index in [0.717, 1.165) is 42.4 Å². The Balaban J connectivity index is 2.76. The van der Waals surface area contributed by atoms with Crippen molar-refractivity contribution in [1.82, 2.24) is 0 Å². The standard InChI is InChI=1S/C16H21NO3/c1-11-9-13(19-3)15(20-4)14(12(11)2)16(17-10-18)7-5-6-8-16/h9H,5-8H2,1-4H3. The minimum Gasteiger partial charge on any atom is -0.493 e. The van der Waals surface area contributed by atoms with Crippen LogP contribution >= 0.6 is 0 Å². The molecule has 0 spiro atoms. The Morgan fingerprint density at radius 3 is 2.35 bits per heavy atom. The monoisotopic (exact) mass is 275 g/mol. The van der Waals surface area contributed by atoms with Gasteiger partial charge in [0.2, 0.25) is 6.08 Å². The molecule has 0 aliphatic heterocycles. The summed E-state index contributed by atoms with van der Waals surface area (Å²) in [7, 11) is 3.25. The highest BCUT2D eigenvalue weighted by Crippen LogP contribution is 2.50. The van der Waals surface area contributed by atoms with Gasteiger partial charge in [-0.2, -0.15) is 4.99 Å². The zero-order chi connectivity index (χ0) is 14.8. The molecule has 0 N–H and O–H groups in total. The van der Waals surface area contributed by atoms with Crippen molar-refractivity contribution in [3.8, 4) is 11.5 Å². The van der Waals surface area contributed by atoms with E-state index >= 15 is 0 Å². The van der Waals surface area contributed by atoms with E-state index in [4.69, 9.17) is 9.47 Å². The number of benzene rings is 1. The second-order valence-electron chi connectivity index (χ2n) is 5.37. The Morgan fingerprint density at radius 2 is 1.85 bits per heavy atom. The fraction of sp³-hybridized carbons (Fsp3) is 0.562. The van der Waals surface area contributed by atoms with E-state index in [0.29, 0.717) is 11.5 Å². The Labute approximate surface area is 119 Å². The van der Waals surface area contributed by atoms with Crippen LogP contribution in [0.15, 0.2) is 11.1 Å². The third kappa shape index (κ3) is 2.20. The van der Waals surface area contributed by atoms with Gasteiger partial charge in [0.25, 0.3) is 0 Å². The first kappa shape index (κ1) is 14.6. The number of nitrogens with zero attached hydrogens (tertiary/aromatic N) is 1. The van der Waals surface area contributed by atoms with Crippen molar-refractivity contribution >= 4 is 6.08 Å². The van der Waals surface area contributed by atoms with Crippen LogP contribution in [-0.4, -0.2) is 20.3 Å². The zero-order valence-electron chi connectivity index (χ0n) is 12.6. The van der Waals surface area contributed by atoms with Gasteiger partial charge in [-0.05, 0) is 43.9 Å². The Kier molecular flexibility index (Phi) is 4.15. The van der Waals surface area contributed by atoms with Crippen molar-refractivity contribution in [1.29, 1.82) is 0 Å². The number of carbonyl (C=O) groups excluding carboxylic acids is 1. The summed E-state index contributed by atoms with van der Waals surface area (Å²) >= 11 is 0. The van der Waals surface area contributed by atoms with Gasteiger partial charge in [0, 0.05) is 5.56 Å². The number of hydrogen-bond donors (Lipinski definition) is 0. The summed E-state index contributed by atoms with van der Waals surface area (Å²) in [6.07, 6.45) is 5.59. The topological polar surface area (TPSA) is 47.9 Å². The number of methoxy groups -OCH3 is 2. The molecule has 4 heteroatoms. The van der Waals surface area contributed by atoms with Gasteiger partial charge in [-0.25, -0.2) is 4.79 Å². The summed E-state index contributed by atoms with van der Waals surface area (Å²) in [5.74, 6) is 1.38. The SMILES string of the molecule is COc1cc(C)c(C)c(C2(N=C=O)CCCC2)c1OC. The van der Waals surface area contributed by atoms with Gasteiger partial charge in [-0.1, -0.05) is 12.8 Å². The first-order valence-electron chi connectivity index (χ1n) is 6.91. The van der Waals surface area contributed by atoms with Gasteiger partial charge in [0.05, 0.1) is 14.2 Å². The Morgan fingerprint density at radius 1 is 1.20 bits per heavy atom. The number of rotatable bonds is 4. The molecule has 1 aliphatic rings. The summed E-state index contributed by atoms with van der Waals surface area (Å²) in [5.41, 5.74) is 2.71. The predicted octanol–water partition coefficient (Wildman–Crippen LogP) is 3.43. The van der Waals surface area contributed by atoms with Gasteiger partial charge in [0.15, 0.2) is 11.5 Å². The predicted molar refractivity (Wildman–Crippen MR) is 77.3 cm³/mol. The molecule has 0 amide bonds. The lowest BCUT2D eigenvalue weighted by atomic mass is 9.83. The molecule has 1 fully saturated rings. The van der Waals surface area contributed by atoms with Crippen LogP contribution in [0.25, 0.3) is 0 Å². The van der Waals surface area contributed by atoms with Crippen LogP contribution in [0.3, 0.4) is 0 Å². The average molecular weight is 275 g/mol. The van der Waals surface area contributed by atoms with Crippen molar-refractivity contribution in [2.75, 3.05) is 14.2 Å². The number of isocyanates is 1. The van der Waals surface area contributed by atoms with E-state index in [1.54, 1.807) is 20.3 Å². The molecule has 0 atom stereocenters. The summed E-state index contributed by atoms with van der Waals surface area (Å²) in [4.78, 5) is 15.1. The van der Waals surface area contributed by atoms with Gasteiger partial charge in [-0.15, -0.1) is 0 Å². The molecule has 0 unspecified atom stereocenters. The van der Waals surface area contributed by atoms with Crippen LogP contribution in [0.4, 0.5) is 0 Å². The van der Waals surface area contributed by atoms with Crippen molar-refractivity contribution in [2.45, 2.75) is 45.1 Å². The lowest BCUT2D eigenvalue weighted by Gasteiger charge is -2.29. The second kappa shape index (κ2) is 5.68. The quantitative estimate of drug-likeness (QED) is 0.625. The van der Waals surface area contributed by atoms with E-state index in [1.807, 2.05) is 19.9 Å². The van der Waals surface area contributed by atoms with Crippen molar-refractivity contribution in [2.24, 2.45) is 4.99 Å². The van der Waals surface area contributed by atoms with Crippen LogP contribution in [0, 0.1) is 13.8 Å². The van der Waals surface area contributed by atoms with Crippen LogP contribution in [0.2, 0.25) is 0 Å². The molecule has 0 aromatic heterocycles. The number of aryl methyl sites for hydroxylation is 1. The minimum atomic E-state index is -0.503. The van der Waals surface area contributed by atoms with Crippen LogP contribution < -0.4 is 9.47 Å². The molecule has 20 heavy (non-hydrogen) atoms. The molecule has 1 saturated carbocycles. The number of aliphatic imine (C=N–C) groups is 1. The molecule has 0 radical (unpaired) electrons. The maximum absolute atomic E-state index is 10.9. The average Bonchev–Trinajstić information content (AvgIpc) is 2.90. The van der Waals surface area contributed by atoms with Crippen LogP contribution in [0.1, 0.15) is 42.4 Å². The number of hydrogen-bond acceptors (Lipinski definition) is 4. The number of ether oxygens (including phenoxy) is 2. The molecule has 1 aromatic carbocycles. The first-order chi connectivity index (χ1) is 9.59. The highest BCUT2D eigenvalue weighted by molar-refractivity contribution is 5.58. The molecule has 108 valence electrons. The summed E-state index contributed by atoms with van der Waals surface area (Å²) in [6.45, 7) is 4.08. The van der Waals surface area contributed by atoms with E-state index in [1.165, 1.54) is 0 Å². The van der Waals surface area contributed by atoms with Gasteiger partial charge < -0.3 is 9.47 Å². The van der Waals surface area contributed by atoms with E-state index in [-0.39, 0.29) is 0 Å². The maximum atomic E-state index is 10.9. The van der Waals surface area contributed by atoms with Crippen LogP contribution in [-0.2, 0) is 10.3 Å². The lowest BCUT2D eigenvalue weighted by Crippen LogP contribution is -2.22. The van der Waals surface area contributed by atoms with Gasteiger partial charge in [0.1, 0.15) is 5.54 Å². The first-order valence-corrected chi connectivity index (χ1v) is 6.91. The zero-order valence-corrected chi connectivity index (χ0v) is 12.6. The maximum Gasteiger partial charge on any atom is 0.235 e. The second-order valence-corrected chi connectivity index (χ2v) is 5.37. The van der Waals surface area contributed by atoms with Crippen molar-refractivity contribution < 1.29 is 14.3 Å². The highest BCUT2D eigenvalue weighted by atomic mass is 16.5. The van der Waals surface area contributed by atoms with Crippen molar-refractivity contribution in [3.05, 3.63) is 22.8 Å². The van der Waals surface area contributed by atoms with Crippen LogP contribution in [0.5, 0.6) is 11.5 Å². The summed E-state index contributed by atoms with van der Waals surface area (Å²) in [5, 5.41) is 0. The summed E-state index contributed by atoms with van der Waals surface area (Å²) in [6, 6.07) is 1.96. The molecule has 1 aromatic rings. The minimum absolute atomic E-state index is 0.503. The molecular weight excluding hydrogens is 254 g/mol. The smallest absolute Gasteiger partial charge is 0.235 e. The third-order valence-electron chi connectivity index (χ3n) is 4.34. The molecule has 4 nitrogen and oxygen atoms in total. The third-order valence-corrected chi connectivity index (χ3v) is 4.34. The fourth-order valence-corrected chi connectivity index (χ4v) is 3.24. The lowest BCUT2D eigenvalue weighted by molar-refractivity contribution is 0.336. The normalized spacial score (nSPS) is 16.6. The van der Waals surface area contributed by atoms with E-state index < -0.39 is 5.54 Å². The largest absolute Gasteiger partial charge is 0.493 e. The summed E-state index contributed by atoms with van der Waals surface area (Å²) < 4.78 is 11.0. The molecular formula is C16H21NO3. The molecule has 1 aliphatic carbocycles. The van der Waals surface area contributed by atoms with E-state index in [9.17, 15) is 4.79 Å². The fourth-order valence-electron chi connectivity index (χ4n) is 3.24. The van der Waals surface area contributed by atoms with E-state index in [2.05, 4.69) is 4.99 Å². The Hall–Kier alpha value is -1.80. The molecule has 2 rings (SSSR count). The molecule has 0 bridgehead atoms. The molecule has 0 saturated heterocycles.